The molecule has 1 amide bonds. The van der Waals surface area contributed by atoms with Crippen molar-refractivity contribution in [1.29, 1.82) is 0 Å². The van der Waals surface area contributed by atoms with Crippen LogP contribution in [0.5, 0.6) is 0 Å². The topological polar surface area (TPSA) is 69.6 Å². The molecule has 0 aliphatic heterocycles. The lowest BCUT2D eigenvalue weighted by Crippen LogP contribution is -2.45. The van der Waals surface area contributed by atoms with Crippen molar-refractivity contribution >= 4 is 5.91 Å². The van der Waals surface area contributed by atoms with Crippen molar-refractivity contribution in [2.75, 3.05) is 6.61 Å². The molecule has 0 heterocycles. The number of rotatable bonds is 53. The second-order valence-electron chi connectivity index (χ2n) is 19.7. The van der Waals surface area contributed by atoms with Crippen LogP contribution in [0.1, 0.15) is 322 Å². The minimum Gasteiger partial charge on any atom is -0.394 e. The molecule has 0 fully saturated rings. The van der Waals surface area contributed by atoms with Gasteiger partial charge in [-0.3, -0.25) is 4.79 Å². The maximum atomic E-state index is 12.4. The lowest BCUT2D eigenvalue weighted by Gasteiger charge is -2.19. The fraction of sp³-hybridized carbons (Fsp3) is 0.914. The van der Waals surface area contributed by atoms with Crippen molar-refractivity contribution in [1.82, 2.24) is 5.32 Å². The van der Waals surface area contributed by atoms with Crippen LogP contribution in [0, 0.1) is 0 Å². The van der Waals surface area contributed by atoms with Crippen molar-refractivity contribution in [2.45, 2.75) is 334 Å². The standard InChI is InChI=1S/C58H113NO3/c1-3-5-7-9-11-13-15-17-19-21-22-23-24-25-26-27-28-29-30-31-32-33-34-35-36-38-39-41-43-45-47-49-51-53-57(61)56(55-60)59-58(62)54-52-50-48-46-44-42-40-37-20-18-16-14-12-10-8-6-4-2/h43,45,51,53,56-57,60-61H,3-42,44,46-50,52,54-55H2,1-2H3,(H,59,62)/b45-43+,53-51+. The van der Waals surface area contributed by atoms with Gasteiger partial charge in [0.1, 0.15) is 0 Å². The second kappa shape index (κ2) is 54.2. The van der Waals surface area contributed by atoms with Crippen LogP contribution in [0.3, 0.4) is 0 Å². The number of amides is 1. The molecule has 0 aromatic rings. The first kappa shape index (κ1) is 60.9. The third kappa shape index (κ3) is 49.9. The number of unbranched alkanes of at least 4 members (excludes halogenated alkanes) is 44. The van der Waals surface area contributed by atoms with Crippen molar-refractivity contribution < 1.29 is 15.0 Å². The quantitative estimate of drug-likeness (QED) is 0.0421. The van der Waals surface area contributed by atoms with Crippen LogP contribution >= 0.6 is 0 Å². The van der Waals surface area contributed by atoms with Gasteiger partial charge in [-0.05, 0) is 32.1 Å². The summed E-state index contributed by atoms with van der Waals surface area (Å²) in [5.41, 5.74) is 0. The highest BCUT2D eigenvalue weighted by atomic mass is 16.3. The molecule has 0 saturated heterocycles. The Hall–Kier alpha value is -1.13. The van der Waals surface area contributed by atoms with Gasteiger partial charge in [-0.1, -0.05) is 308 Å². The van der Waals surface area contributed by atoms with E-state index >= 15 is 0 Å². The molecule has 0 aromatic heterocycles. The molecule has 0 aliphatic carbocycles. The molecular formula is C58H113NO3. The summed E-state index contributed by atoms with van der Waals surface area (Å²) in [4.78, 5) is 12.4. The summed E-state index contributed by atoms with van der Waals surface area (Å²) in [5.74, 6) is -0.0680. The fourth-order valence-electron chi connectivity index (χ4n) is 9.08. The molecule has 0 rings (SSSR count). The Bertz CT molecular complexity index is 901. The first-order valence-electron chi connectivity index (χ1n) is 28.6. The van der Waals surface area contributed by atoms with Crippen LogP contribution in [-0.2, 0) is 4.79 Å². The van der Waals surface area contributed by atoms with Crippen LogP contribution in [0.25, 0.3) is 0 Å². The Morgan fingerprint density at radius 2 is 0.629 bits per heavy atom. The van der Waals surface area contributed by atoms with Gasteiger partial charge in [0.25, 0.3) is 0 Å². The molecule has 4 heteroatoms. The van der Waals surface area contributed by atoms with Gasteiger partial charge in [-0.15, -0.1) is 0 Å². The van der Waals surface area contributed by atoms with E-state index in [1.807, 2.05) is 6.08 Å². The zero-order valence-electron chi connectivity index (χ0n) is 42.4. The first-order valence-corrected chi connectivity index (χ1v) is 28.6. The van der Waals surface area contributed by atoms with E-state index in [9.17, 15) is 15.0 Å². The number of nitrogens with one attached hydrogen (secondary N) is 1. The molecule has 4 nitrogen and oxygen atoms in total. The molecule has 0 radical (unpaired) electrons. The number of hydrogen-bond donors (Lipinski definition) is 3. The maximum Gasteiger partial charge on any atom is 0.220 e. The van der Waals surface area contributed by atoms with Crippen LogP contribution in [0.2, 0.25) is 0 Å². The zero-order chi connectivity index (χ0) is 44.9. The molecule has 2 unspecified atom stereocenters. The molecule has 62 heavy (non-hydrogen) atoms. The van der Waals surface area contributed by atoms with Crippen LogP contribution in [0.15, 0.2) is 24.3 Å². The minimum atomic E-state index is -0.859. The molecule has 0 spiro atoms. The van der Waals surface area contributed by atoms with Crippen molar-refractivity contribution in [3.05, 3.63) is 24.3 Å². The van der Waals surface area contributed by atoms with E-state index in [-0.39, 0.29) is 12.5 Å². The highest BCUT2D eigenvalue weighted by molar-refractivity contribution is 5.76. The fourth-order valence-corrected chi connectivity index (χ4v) is 9.08. The van der Waals surface area contributed by atoms with E-state index in [1.54, 1.807) is 6.08 Å². The SMILES string of the molecule is CCCCCCCCCCCCCCCCCCCCCCCCCCCCC/C=C/CC/C=C/C(O)C(CO)NC(=O)CCCCCCCCCCCCCCCCCCC. The monoisotopic (exact) mass is 872 g/mol. The van der Waals surface area contributed by atoms with Crippen molar-refractivity contribution in [3.8, 4) is 0 Å². The number of aliphatic hydroxyl groups excluding tert-OH is 2. The highest BCUT2D eigenvalue weighted by Crippen LogP contribution is 2.18. The zero-order valence-corrected chi connectivity index (χ0v) is 42.4. The molecule has 0 aromatic carbocycles. The average molecular weight is 873 g/mol. The van der Waals surface area contributed by atoms with Gasteiger partial charge in [0.2, 0.25) is 5.91 Å². The van der Waals surface area contributed by atoms with E-state index in [0.717, 1.165) is 32.1 Å². The lowest BCUT2D eigenvalue weighted by atomic mass is 10.0. The van der Waals surface area contributed by atoms with Gasteiger partial charge in [0.05, 0.1) is 18.8 Å². The Balaban J connectivity index is 3.46. The summed E-state index contributed by atoms with van der Waals surface area (Å²) >= 11 is 0. The smallest absolute Gasteiger partial charge is 0.220 e. The third-order valence-corrected chi connectivity index (χ3v) is 13.4. The molecule has 0 bridgehead atoms. The summed E-state index contributed by atoms with van der Waals surface area (Å²) in [5, 5.41) is 23.1. The van der Waals surface area contributed by atoms with Gasteiger partial charge in [0, 0.05) is 6.42 Å². The largest absolute Gasteiger partial charge is 0.394 e. The third-order valence-electron chi connectivity index (χ3n) is 13.4. The van der Waals surface area contributed by atoms with Crippen LogP contribution < -0.4 is 5.32 Å². The number of carbonyl (C=O) groups excluding carboxylic acids is 1. The Morgan fingerprint density at radius 1 is 0.371 bits per heavy atom. The summed E-state index contributed by atoms with van der Waals surface area (Å²) < 4.78 is 0. The Kier molecular flexibility index (Phi) is 53.2. The first-order chi connectivity index (χ1) is 30.7. The predicted octanol–water partition coefficient (Wildman–Crippen LogP) is 18.7. The molecular weight excluding hydrogens is 759 g/mol. The summed E-state index contributed by atoms with van der Waals surface area (Å²) in [7, 11) is 0. The minimum absolute atomic E-state index is 0.0680. The maximum absolute atomic E-state index is 12.4. The summed E-state index contributed by atoms with van der Waals surface area (Å²) in [6.07, 6.45) is 72.1. The van der Waals surface area contributed by atoms with Gasteiger partial charge >= 0.3 is 0 Å². The van der Waals surface area contributed by atoms with Crippen molar-refractivity contribution in [2.24, 2.45) is 0 Å². The lowest BCUT2D eigenvalue weighted by molar-refractivity contribution is -0.123. The number of carbonyl (C=O) groups is 1. The van der Waals surface area contributed by atoms with Crippen LogP contribution in [0.4, 0.5) is 0 Å². The van der Waals surface area contributed by atoms with Gasteiger partial charge in [-0.25, -0.2) is 0 Å². The highest BCUT2D eigenvalue weighted by Gasteiger charge is 2.18. The number of aliphatic hydroxyl groups is 2. The van der Waals surface area contributed by atoms with Crippen molar-refractivity contribution in [3.63, 3.8) is 0 Å². The molecule has 0 aliphatic rings. The van der Waals surface area contributed by atoms with Gasteiger partial charge < -0.3 is 15.5 Å². The van der Waals surface area contributed by atoms with E-state index in [4.69, 9.17) is 0 Å². The summed E-state index contributed by atoms with van der Waals surface area (Å²) in [6.45, 7) is 4.33. The molecule has 3 N–H and O–H groups in total. The number of allylic oxidation sites excluding steroid dienone is 3. The van der Waals surface area contributed by atoms with E-state index < -0.39 is 12.1 Å². The second-order valence-corrected chi connectivity index (χ2v) is 19.7. The van der Waals surface area contributed by atoms with Gasteiger partial charge in [-0.2, -0.15) is 0 Å². The average Bonchev–Trinajstić information content (AvgIpc) is 3.28. The predicted molar refractivity (Wildman–Crippen MR) is 276 cm³/mol. The molecule has 2 atom stereocenters. The van der Waals surface area contributed by atoms with E-state index in [1.165, 1.54) is 270 Å². The normalized spacial score (nSPS) is 12.9. The molecule has 0 saturated carbocycles. The molecule has 368 valence electrons. The van der Waals surface area contributed by atoms with Crippen LogP contribution in [-0.4, -0.2) is 34.9 Å². The Labute approximate surface area is 389 Å². The Morgan fingerprint density at radius 3 is 0.935 bits per heavy atom. The van der Waals surface area contributed by atoms with E-state index in [2.05, 4.69) is 31.3 Å². The number of hydrogen-bond acceptors (Lipinski definition) is 3. The van der Waals surface area contributed by atoms with Gasteiger partial charge in [0.15, 0.2) is 0 Å². The van der Waals surface area contributed by atoms with E-state index in [0.29, 0.717) is 6.42 Å². The summed E-state index contributed by atoms with van der Waals surface area (Å²) in [6, 6.07) is -0.636.